The van der Waals surface area contributed by atoms with Crippen LogP contribution in [0.4, 0.5) is 0 Å². The van der Waals surface area contributed by atoms with Gasteiger partial charge in [-0.05, 0) is 37.5 Å². The highest BCUT2D eigenvalue weighted by Gasteiger charge is 2.31. The van der Waals surface area contributed by atoms with Crippen molar-refractivity contribution < 1.29 is 5.11 Å². The van der Waals surface area contributed by atoms with E-state index >= 15 is 0 Å². The summed E-state index contributed by atoms with van der Waals surface area (Å²) < 4.78 is 0. The number of hydrogen-bond acceptors (Lipinski definition) is 3. The van der Waals surface area contributed by atoms with E-state index in [0.29, 0.717) is 11.8 Å². The van der Waals surface area contributed by atoms with Gasteiger partial charge in [0.1, 0.15) is 0 Å². The SMILES string of the molecule is O[C@]1(CNCl)CC[C@@H](S)CC1. The third-order valence-corrected chi connectivity index (χ3v) is 2.93. The molecule has 0 aliphatic heterocycles. The normalized spacial score (nSPS) is 39.0. The summed E-state index contributed by atoms with van der Waals surface area (Å²) in [6.07, 6.45) is 3.58. The van der Waals surface area contributed by atoms with Gasteiger partial charge >= 0.3 is 0 Å². The fourth-order valence-electron chi connectivity index (χ4n) is 1.44. The Kier molecular flexibility index (Phi) is 3.50. The number of aliphatic hydroxyl groups is 1. The minimum atomic E-state index is -0.582. The molecule has 0 aromatic heterocycles. The number of hydrogen-bond donors (Lipinski definition) is 3. The summed E-state index contributed by atoms with van der Waals surface area (Å²) in [4.78, 5) is 2.49. The van der Waals surface area contributed by atoms with Crippen LogP contribution in [0.3, 0.4) is 0 Å². The molecule has 0 radical (unpaired) electrons. The first-order valence-electron chi connectivity index (χ1n) is 3.90. The van der Waals surface area contributed by atoms with E-state index in [2.05, 4.69) is 17.5 Å². The summed E-state index contributed by atoms with van der Waals surface area (Å²) in [6.45, 7) is 0.481. The molecule has 0 aromatic carbocycles. The second kappa shape index (κ2) is 3.99. The zero-order valence-corrected chi connectivity index (χ0v) is 8.04. The molecule has 1 aliphatic rings. The van der Waals surface area contributed by atoms with E-state index < -0.39 is 5.60 Å². The van der Waals surface area contributed by atoms with E-state index in [4.69, 9.17) is 11.8 Å². The molecule has 1 aliphatic carbocycles. The molecule has 2 N–H and O–H groups in total. The number of nitrogens with one attached hydrogen (secondary N) is 1. The van der Waals surface area contributed by atoms with E-state index in [-0.39, 0.29) is 0 Å². The molecule has 0 saturated heterocycles. The lowest BCUT2D eigenvalue weighted by Gasteiger charge is -2.33. The molecule has 0 aromatic rings. The average molecular weight is 196 g/mol. The molecular weight excluding hydrogens is 182 g/mol. The molecule has 0 unspecified atom stereocenters. The smallest absolute Gasteiger partial charge is 0.0785 e. The Labute approximate surface area is 77.8 Å². The summed E-state index contributed by atoms with van der Waals surface area (Å²) in [6, 6.07) is 0. The van der Waals surface area contributed by atoms with Crippen LogP contribution in [0.5, 0.6) is 0 Å². The molecule has 11 heavy (non-hydrogen) atoms. The molecule has 4 heteroatoms. The molecule has 1 saturated carbocycles. The Hall–Kier alpha value is 0.560. The predicted octanol–water partition coefficient (Wildman–Crippen LogP) is 1.33. The lowest BCUT2D eigenvalue weighted by Crippen LogP contribution is -2.41. The van der Waals surface area contributed by atoms with Gasteiger partial charge in [0.25, 0.3) is 0 Å². The summed E-state index contributed by atoms with van der Waals surface area (Å²) in [5.41, 5.74) is -0.582. The number of rotatable bonds is 2. The van der Waals surface area contributed by atoms with Gasteiger partial charge in [0.2, 0.25) is 0 Å². The largest absolute Gasteiger partial charge is 0.389 e. The van der Waals surface area contributed by atoms with Gasteiger partial charge in [-0.2, -0.15) is 12.6 Å². The van der Waals surface area contributed by atoms with E-state index in [1.54, 1.807) is 0 Å². The van der Waals surface area contributed by atoms with Crippen LogP contribution in [-0.2, 0) is 0 Å². The molecule has 0 amide bonds. The van der Waals surface area contributed by atoms with Crippen molar-refractivity contribution in [3.8, 4) is 0 Å². The van der Waals surface area contributed by atoms with E-state index in [0.717, 1.165) is 25.7 Å². The first-order chi connectivity index (χ1) is 5.16. The van der Waals surface area contributed by atoms with Gasteiger partial charge in [0.15, 0.2) is 0 Å². The number of halogens is 1. The molecule has 2 nitrogen and oxygen atoms in total. The Morgan fingerprint density at radius 3 is 2.55 bits per heavy atom. The van der Waals surface area contributed by atoms with Gasteiger partial charge in [0.05, 0.1) is 5.60 Å². The fraction of sp³-hybridized carbons (Fsp3) is 1.00. The lowest BCUT2D eigenvalue weighted by atomic mass is 9.85. The topological polar surface area (TPSA) is 32.3 Å². The van der Waals surface area contributed by atoms with Crippen LogP contribution < -0.4 is 4.84 Å². The summed E-state index contributed by atoms with van der Waals surface area (Å²) in [5.74, 6) is 0. The van der Waals surface area contributed by atoms with Crippen molar-refractivity contribution in [3.05, 3.63) is 0 Å². The van der Waals surface area contributed by atoms with Gasteiger partial charge in [-0.1, -0.05) is 0 Å². The highest BCUT2D eigenvalue weighted by atomic mass is 35.5. The van der Waals surface area contributed by atoms with E-state index in [1.807, 2.05) is 0 Å². The van der Waals surface area contributed by atoms with Gasteiger partial charge in [-0.3, -0.25) is 0 Å². The average Bonchev–Trinajstić information content (AvgIpc) is 1.97. The van der Waals surface area contributed by atoms with Crippen molar-refractivity contribution in [1.29, 1.82) is 0 Å². The third kappa shape index (κ3) is 2.82. The zero-order valence-electron chi connectivity index (χ0n) is 6.39. The highest BCUT2D eigenvalue weighted by molar-refractivity contribution is 7.80. The maximum atomic E-state index is 9.81. The second-order valence-electron chi connectivity index (χ2n) is 3.27. The predicted molar refractivity (Wildman–Crippen MR) is 50.0 cm³/mol. The molecule has 1 rings (SSSR count). The van der Waals surface area contributed by atoms with Crippen LogP contribution in [0.15, 0.2) is 0 Å². The maximum absolute atomic E-state index is 9.81. The van der Waals surface area contributed by atoms with Crippen LogP contribution in [0.2, 0.25) is 0 Å². The van der Waals surface area contributed by atoms with Crippen LogP contribution in [0.25, 0.3) is 0 Å². The minimum Gasteiger partial charge on any atom is -0.389 e. The van der Waals surface area contributed by atoms with Gasteiger partial charge in [-0.15, -0.1) is 0 Å². The monoisotopic (exact) mass is 195 g/mol. The van der Waals surface area contributed by atoms with Crippen molar-refractivity contribution in [2.75, 3.05) is 6.54 Å². The molecule has 0 heterocycles. The van der Waals surface area contributed by atoms with Crippen molar-refractivity contribution in [2.24, 2.45) is 0 Å². The summed E-state index contributed by atoms with van der Waals surface area (Å²) in [5, 5.41) is 10.3. The van der Waals surface area contributed by atoms with E-state index in [1.165, 1.54) is 0 Å². The van der Waals surface area contributed by atoms with Crippen LogP contribution >= 0.6 is 24.4 Å². The van der Waals surface area contributed by atoms with Crippen molar-refractivity contribution in [3.63, 3.8) is 0 Å². The Morgan fingerprint density at radius 1 is 1.55 bits per heavy atom. The standard InChI is InChI=1S/C7H14ClNOS/c8-9-5-7(10)3-1-6(11)2-4-7/h6,9-11H,1-5H2/t6-,7-. The third-order valence-electron chi connectivity index (χ3n) is 2.28. The lowest BCUT2D eigenvalue weighted by molar-refractivity contribution is 0.0112. The Balaban J connectivity index is 2.35. The molecule has 0 spiro atoms. The minimum absolute atomic E-state index is 0.464. The zero-order chi connectivity index (χ0) is 8.32. The highest BCUT2D eigenvalue weighted by Crippen LogP contribution is 2.30. The van der Waals surface area contributed by atoms with Crippen molar-refractivity contribution in [1.82, 2.24) is 4.84 Å². The number of thiol groups is 1. The molecule has 1 fully saturated rings. The van der Waals surface area contributed by atoms with Crippen LogP contribution in [-0.4, -0.2) is 22.5 Å². The first kappa shape index (κ1) is 9.65. The molecule has 0 bridgehead atoms. The van der Waals surface area contributed by atoms with Gasteiger partial charge in [0, 0.05) is 11.8 Å². The van der Waals surface area contributed by atoms with E-state index in [9.17, 15) is 5.11 Å². The quantitative estimate of drug-likeness (QED) is 0.459. The molecule has 0 atom stereocenters. The maximum Gasteiger partial charge on any atom is 0.0785 e. The van der Waals surface area contributed by atoms with Crippen LogP contribution in [0.1, 0.15) is 25.7 Å². The molecule has 66 valence electrons. The van der Waals surface area contributed by atoms with Crippen molar-refractivity contribution >= 4 is 24.4 Å². The van der Waals surface area contributed by atoms with Crippen LogP contribution in [0, 0.1) is 0 Å². The summed E-state index contributed by atoms with van der Waals surface area (Å²) >= 11 is 9.67. The Morgan fingerprint density at radius 2 is 2.09 bits per heavy atom. The molecular formula is C7H14ClNOS. The van der Waals surface area contributed by atoms with Gasteiger partial charge in [-0.25, -0.2) is 4.84 Å². The summed E-state index contributed by atoms with van der Waals surface area (Å²) in [7, 11) is 0. The first-order valence-corrected chi connectivity index (χ1v) is 4.80. The second-order valence-corrected chi connectivity index (χ2v) is 4.26. The van der Waals surface area contributed by atoms with Gasteiger partial charge < -0.3 is 5.11 Å². The van der Waals surface area contributed by atoms with Crippen molar-refractivity contribution in [2.45, 2.75) is 36.5 Å². The Bertz CT molecular complexity index is 126. The fourth-order valence-corrected chi connectivity index (χ4v) is 1.95.